The molecule has 0 aliphatic carbocycles. The lowest BCUT2D eigenvalue weighted by molar-refractivity contribution is -0.126. The first-order valence-electron chi connectivity index (χ1n) is 11.5. The number of amides is 1. The number of likely N-dealkylation sites (tertiary alicyclic amines) is 1. The summed E-state index contributed by atoms with van der Waals surface area (Å²) in [5.41, 5.74) is 3.50. The number of anilines is 1. The molecule has 1 fully saturated rings. The van der Waals surface area contributed by atoms with Gasteiger partial charge in [0.1, 0.15) is 5.70 Å². The molecule has 5 heteroatoms. The van der Waals surface area contributed by atoms with Crippen LogP contribution in [0.5, 0.6) is 0 Å². The normalized spacial score (nSPS) is 14.8. The summed E-state index contributed by atoms with van der Waals surface area (Å²) in [5, 5.41) is 0. The molecule has 0 N–H and O–H groups in total. The van der Waals surface area contributed by atoms with E-state index in [1.807, 2.05) is 60.3 Å². The fourth-order valence-corrected chi connectivity index (χ4v) is 4.34. The largest absolute Gasteiger partial charge is 0.378 e. The summed E-state index contributed by atoms with van der Waals surface area (Å²) in [6.07, 6.45) is 6.47. The lowest BCUT2D eigenvalue weighted by Gasteiger charge is -2.33. The van der Waals surface area contributed by atoms with Gasteiger partial charge in [0, 0.05) is 45.1 Å². The van der Waals surface area contributed by atoms with E-state index in [4.69, 9.17) is 0 Å². The van der Waals surface area contributed by atoms with Crippen molar-refractivity contribution in [3.05, 3.63) is 100 Å². The number of nitrogens with zero attached hydrogens (tertiary/aromatic N) is 3. The molecule has 1 amide bonds. The number of rotatable bonds is 6. The van der Waals surface area contributed by atoms with E-state index in [0.29, 0.717) is 24.7 Å². The van der Waals surface area contributed by atoms with Crippen LogP contribution in [0.4, 0.5) is 5.69 Å². The van der Waals surface area contributed by atoms with Gasteiger partial charge in [0.15, 0.2) is 0 Å². The number of carbonyl (C=O) groups is 1. The standard InChI is InChI=1S/C28H31N3O2/c1-29(2)25-13-11-23(12-14-25)21-26(31-17-7-6-10-27(31)32)28(33)30-18-15-24(16-19-30)20-22-8-4-3-5-9-22/h3-14,17,21,24H,15-16,18-20H2,1-2H3/b26-21+. The third-order valence-corrected chi connectivity index (χ3v) is 6.28. The molecule has 1 aromatic heterocycles. The second-order valence-electron chi connectivity index (χ2n) is 8.85. The van der Waals surface area contributed by atoms with Gasteiger partial charge in [-0.1, -0.05) is 48.5 Å². The molecule has 4 rings (SSSR count). The maximum absolute atomic E-state index is 13.6. The van der Waals surface area contributed by atoms with Gasteiger partial charge in [-0.2, -0.15) is 0 Å². The van der Waals surface area contributed by atoms with Gasteiger partial charge in [-0.25, -0.2) is 0 Å². The second-order valence-corrected chi connectivity index (χ2v) is 8.85. The Morgan fingerprint density at radius 3 is 2.24 bits per heavy atom. The van der Waals surface area contributed by atoms with Crippen LogP contribution in [0.1, 0.15) is 24.0 Å². The number of pyridine rings is 1. The van der Waals surface area contributed by atoms with Crippen LogP contribution in [0.2, 0.25) is 0 Å². The first kappa shape index (κ1) is 22.6. The van der Waals surface area contributed by atoms with Crippen molar-refractivity contribution in [3.8, 4) is 0 Å². The Balaban J connectivity index is 1.54. The van der Waals surface area contributed by atoms with E-state index in [1.54, 1.807) is 18.3 Å². The Morgan fingerprint density at radius 2 is 1.61 bits per heavy atom. The molecule has 0 spiro atoms. The first-order valence-corrected chi connectivity index (χ1v) is 11.5. The smallest absolute Gasteiger partial charge is 0.270 e. The van der Waals surface area contributed by atoms with Gasteiger partial charge < -0.3 is 9.80 Å². The van der Waals surface area contributed by atoms with Crippen molar-refractivity contribution < 1.29 is 4.79 Å². The molecule has 1 saturated heterocycles. The van der Waals surface area contributed by atoms with Gasteiger partial charge >= 0.3 is 0 Å². The topological polar surface area (TPSA) is 45.6 Å². The van der Waals surface area contributed by atoms with Gasteiger partial charge in [0.2, 0.25) is 0 Å². The van der Waals surface area contributed by atoms with E-state index < -0.39 is 0 Å². The lowest BCUT2D eigenvalue weighted by atomic mass is 9.90. The highest BCUT2D eigenvalue weighted by molar-refractivity contribution is 6.18. The Labute approximate surface area is 195 Å². The zero-order valence-corrected chi connectivity index (χ0v) is 19.4. The van der Waals surface area contributed by atoms with Crippen molar-refractivity contribution in [1.82, 2.24) is 9.47 Å². The highest BCUT2D eigenvalue weighted by atomic mass is 16.2. The molecule has 0 atom stereocenters. The fraction of sp³-hybridized carbons (Fsp3) is 0.286. The maximum atomic E-state index is 13.6. The van der Waals surface area contributed by atoms with Gasteiger partial charge in [-0.3, -0.25) is 14.2 Å². The van der Waals surface area contributed by atoms with Gasteiger partial charge in [-0.15, -0.1) is 0 Å². The van der Waals surface area contributed by atoms with Crippen LogP contribution in [0.3, 0.4) is 0 Å². The summed E-state index contributed by atoms with van der Waals surface area (Å²) < 4.78 is 1.46. The van der Waals surface area contributed by atoms with E-state index in [2.05, 4.69) is 24.3 Å². The Morgan fingerprint density at radius 1 is 0.939 bits per heavy atom. The van der Waals surface area contributed by atoms with Crippen LogP contribution in [-0.2, 0) is 11.2 Å². The Hall–Kier alpha value is -3.60. The molecule has 3 aromatic rings. The van der Waals surface area contributed by atoms with Crippen molar-refractivity contribution in [2.45, 2.75) is 19.3 Å². The second kappa shape index (κ2) is 10.3. The molecule has 1 aliphatic heterocycles. The monoisotopic (exact) mass is 441 g/mol. The first-order chi connectivity index (χ1) is 16.0. The zero-order valence-electron chi connectivity index (χ0n) is 19.4. The molecular weight excluding hydrogens is 410 g/mol. The molecule has 33 heavy (non-hydrogen) atoms. The van der Waals surface area contributed by atoms with Crippen LogP contribution in [0.15, 0.2) is 83.8 Å². The number of hydrogen-bond acceptors (Lipinski definition) is 3. The third kappa shape index (κ3) is 5.61. The molecule has 170 valence electrons. The van der Waals surface area contributed by atoms with E-state index in [0.717, 1.165) is 30.5 Å². The minimum Gasteiger partial charge on any atom is -0.378 e. The van der Waals surface area contributed by atoms with Crippen LogP contribution < -0.4 is 10.5 Å². The third-order valence-electron chi connectivity index (χ3n) is 6.28. The number of benzene rings is 2. The summed E-state index contributed by atoms with van der Waals surface area (Å²) in [7, 11) is 3.98. The number of piperidine rings is 1. The molecule has 1 aliphatic rings. The molecule has 0 radical (unpaired) electrons. The molecule has 5 nitrogen and oxygen atoms in total. The lowest BCUT2D eigenvalue weighted by Crippen LogP contribution is -2.41. The van der Waals surface area contributed by atoms with Crippen molar-refractivity contribution in [2.24, 2.45) is 5.92 Å². The van der Waals surface area contributed by atoms with Gasteiger partial charge in [0.25, 0.3) is 11.5 Å². The Kier molecular flexibility index (Phi) is 7.08. The molecule has 0 saturated carbocycles. The molecular formula is C28H31N3O2. The van der Waals surface area contributed by atoms with Crippen LogP contribution >= 0.6 is 0 Å². The van der Waals surface area contributed by atoms with E-state index in [9.17, 15) is 9.59 Å². The minimum atomic E-state index is -0.207. The number of aromatic nitrogens is 1. The zero-order chi connectivity index (χ0) is 23.2. The molecule has 2 aromatic carbocycles. The average Bonchev–Trinajstić information content (AvgIpc) is 2.84. The minimum absolute atomic E-state index is 0.0989. The fourth-order valence-electron chi connectivity index (χ4n) is 4.34. The van der Waals surface area contributed by atoms with Crippen molar-refractivity contribution in [2.75, 3.05) is 32.1 Å². The molecule has 0 bridgehead atoms. The highest BCUT2D eigenvalue weighted by Gasteiger charge is 2.26. The Bertz CT molecular complexity index is 1160. The summed E-state index contributed by atoms with van der Waals surface area (Å²) in [4.78, 5) is 30.1. The number of carbonyl (C=O) groups excluding carboxylic acids is 1. The van der Waals surface area contributed by atoms with Crippen molar-refractivity contribution in [1.29, 1.82) is 0 Å². The van der Waals surface area contributed by atoms with Gasteiger partial charge in [-0.05, 0) is 60.6 Å². The predicted octanol–water partition coefficient (Wildman–Crippen LogP) is 4.39. The summed E-state index contributed by atoms with van der Waals surface area (Å²) in [6.45, 7) is 1.41. The predicted molar refractivity (Wildman–Crippen MR) is 135 cm³/mol. The molecule has 0 unspecified atom stereocenters. The molecule has 2 heterocycles. The quantitative estimate of drug-likeness (QED) is 0.533. The van der Waals surface area contributed by atoms with Gasteiger partial charge in [0.05, 0.1) is 0 Å². The van der Waals surface area contributed by atoms with Crippen molar-refractivity contribution >= 4 is 23.4 Å². The highest BCUT2D eigenvalue weighted by Crippen LogP contribution is 2.24. The average molecular weight is 442 g/mol. The van der Waals surface area contributed by atoms with E-state index >= 15 is 0 Å². The number of hydrogen-bond donors (Lipinski definition) is 0. The van der Waals surface area contributed by atoms with E-state index in [1.165, 1.54) is 16.2 Å². The summed E-state index contributed by atoms with van der Waals surface area (Å²) in [5.74, 6) is 0.472. The van der Waals surface area contributed by atoms with Crippen molar-refractivity contribution in [3.63, 3.8) is 0 Å². The van der Waals surface area contributed by atoms with E-state index in [-0.39, 0.29) is 11.5 Å². The van der Waals surface area contributed by atoms with Crippen LogP contribution in [0, 0.1) is 5.92 Å². The summed E-state index contributed by atoms with van der Waals surface area (Å²) in [6, 6.07) is 23.5. The van der Waals surface area contributed by atoms with Crippen LogP contribution in [0.25, 0.3) is 11.8 Å². The van der Waals surface area contributed by atoms with Crippen LogP contribution in [-0.4, -0.2) is 42.6 Å². The maximum Gasteiger partial charge on any atom is 0.270 e. The SMILES string of the molecule is CN(C)c1ccc(/C=C(\C(=O)N2CCC(Cc3ccccc3)CC2)n2ccccc2=O)cc1. The summed E-state index contributed by atoms with van der Waals surface area (Å²) >= 11 is 0.